The Morgan fingerprint density at radius 1 is 1.11 bits per heavy atom. The van der Waals surface area contributed by atoms with Crippen molar-refractivity contribution in [2.75, 3.05) is 0 Å². The van der Waals surface area contributed by atoms with Gasteiger partial charge >= 0.3 is 0 Å². The molecule has 0 unspecified atom stereocenters. The number of aromatic nitrogens is 1. The number of nitrogens with zero attached hydrogens (tertiary/aromatic N) is 3. The number of rotatable bonds is 6. The number of carbonyl (C=O) groups excluding carboxylic acids is 1. The fourth-order valence-corrected chi connectivity index (χ4v) is 2.11. The van der Waals surface area contributed by atoms with Crippen LogP contribution in [0.15, 0.2) is 72.0 Å². The van der Waals surface area contributed by atoms with E-state index in [0.717, 1.165) is 6.20 Å². The Kier molecular flexibility index (Phi) is 5.66. The standard InChI is InChI=1S/C19H13FN4O4/c20-15-5-3-14(4-6-15)19(25)23-22-11-13-1-8-17(9-2-13)28-18-10-7-16(12-21-18)24(26)27/h1-12H,(H,23,25)/b22-11-. The van der Waals surface area contributed by atoms with Gasteiger partial charge in [0.25, 0.3) is 11.6 Å². The lowest BCUT2D eigenvalue weighted by Crippen LogP contribution is -2.17. The van der Waals surface area contributed by atoms with Crippen LogP contribution in [0, 0.1) is 15.9 Å². The normalized spacial score (nSPS) is 10.6. The maximum atomic E-state index is 12.8. The van der Waals surface area contributed by atoms with Gasteiger partial charge in [-0.2, -0.15) is 5.10 Å². The molecule has 0 bridgehead atoms. The van der Waals surface area contributed by atoms with Crippen LogP contribution in [0.1, 0.15) is 15.9 Å². The Labute approximate surface area is 158 Å². The maximum Gasteiger partial charge on any atom is 0.287 e. The van der Waals surface area contributed by atoms with Gasteiger partial charge in [-0.05, 0) is 54.1 Å². The Bertz CT molecular complexity index is 1000. The minimum Gasteiger partial charge on any atom is -0.439 e. The van der Waals surface area contributed by atoms with Crippen LogP contribution >= 0.6 is 0 Å². The molecule has 2 aromatic carbocycles. The number of halogens is 1. The van der Waals surface area contributed by atoms with Gasteiger partial charge in [-0.1, -0.05) is 0 Å². The van der Waals surface area contributed by atoms with Crippen LogP contribution in [0.2, 0.25) is 0 Å². The molecule has 140 valence electrons. The number of pyridine rings is 1. The molecule has 0 spiro atoms. The molecule has 0 saturated carbocycles. The highest BCUT2D eigenvalue weighted by atomic mass is 19.1. The molecule has 1 N–H and O–H groups in total. The van der Waals surface area contributed by atoms with E-state index in [2.05, 4.69) is 15.5 Å². The first kappa shape index (κ1) is 18.6. The molecule has 1 amide bonds. The zero-order valence-electron chi connectivity index (χ0n) is 14.3. The molecule has 0 fully saturated rings. The first-order valence-electron chi connectivity index (χ1n) is 7.98. The number of nitro groups is 1. The molecule has 1 aromatic heterocycles. The first-order valence-corrected chi connectivity index (χ1v) is 7.98. The first-order chi connectivity index (χ1) is 13.5. The molecule has 9 heteroatoms. The summed E-state index contributed by atoms with van der Waals surface area (Å²) in [6, 6.07) is 14.5. The second kappa shape index (κ2) is 8.49. The number of carbonyl (C=O) groups is 1. The summed E-state index contributed by atoms with van der Waals surface area (Å²) in [6.07, 6.45) is 2.55. The van der Waals surface area contributed by atoms with E-state index in [0.29, 0.717) is 11.3 Å². The minimum atomic E-state index is -0.542. The van der Waals surface area contributed by atoms with E-state index < -0.39 is 16.6 Å². The smallest absolute Gasteiger partial charge is 0.287 e. The maximum absolute atomic E-state index is 12.8. The largest absolute Gasteiger partial charge is 0.439 e. The third kappa shape index (κ3) is 4.94. The summed E-state index contributed by atoms with van der Waals surface area (Å²) in [5.74, 6) is -0.181. The third-order valence-electron chi connectivity index (χ3n) is 3.52. The predicted octanol–water partition coefficient (Wildman–Crippen LogP) is 3.69. The topological polar surface area (TPSA) is 107 Å². The molecule has 0 radical (unpaired) electrons. The summed E-state index contributed by atoms with van der Waals surface area (Å²) < 4.78 is 18.3. The molecule has 3 aromatic rings. The van der Waals surface area contributed by atoms with Crippen LogP contribution < -0.4 is 10.2 Å². The van der Waals surface area contributed by atoms with Gasteiger partial charge in [0.15, 0.2) is 0 Å². The molecule has 0 aliphatic rings. The van der Waals surface area contributed by atoms with E-state index in [-0.39, 0.29) is 17.1 Å². The molecule has 0 atom stereocenters. The van der Waals surface area contributed by atoms with Crippen LogP contribution in [-0.2, 0) is 0 Å². The number of ether oxygens (including phenoxy) is 1. The molecular formula is C19H13FN4O4. The van der Waals surface area contributed by atoms with Gasteiger partial charge < -0.3 is 4.74 Å². The van der Waals surface area contributed by atoms with E-state index in [1.807, 2.05) is 0 Å². The third-order valence-corrected chi connectivity index (χ3v) is 3.52. The quantitative estimate of drug-likeness (QED) is 0.399. The lowest BCUT2D eigenvalue weighted by molar-refractivity contribution is -0.385. The minimum absolute atomic E-state index is 0.124. The van der Waals surface area contributed by atoms with Crippen molar-refractivity contribution in [2.24, 2.45) is 5.10 Å². The highest BCUT2D eigenvalue weighted by Crippen LogP contribution is 2.21. The van der Waals surface area contributed by atoms with Crippen LogP contribution in [0.3, 0.4) is 0 Å². The van der Waals surface area contributed by atoms with Gasteiger partial charge in [0.1, 0.15) is 17.8 Å². The highest BCUT2D eigenvalue weighted by Gasteiger charge is 2.06. The van der Waals surface area contributed by atoms with Gasteiger partial charge in [0.2, 0.25) is 5.88 Å². The highest BCUT2D eigenvalue weighted by molar-refractivity contribution is 5.94. The summed E-state index contributed by atoms with van der Waals surface area (Å²) in [6.45, 7) is 0. The summed E-state index contributed by atoms with van der Waals surface area (Å²) in [5.41, 5.74) is 3.21. The van der Waals surface area contributed by atoms with Gasteiger partial charge in [-0.15, -0.1) is 0 Å². The number of benzene rings is 2. The molecule has 0 saturated heterocycles. The van der Waals surface area contributed by atoms with Crippen LogP contribution in [0.25, 0.3) is 0 Å². The summed E-state index contributed by atoms with van der Waals surface area (Å²) in [4.78, 5) is 25.8. The second-order valence-corrected chi connectivity index (χ2v) is 5.49. The summed E-state index contributed by atoms with van der Waals surface area (Å²) >= 11 is 0. The van der Waals surface area contributed by atoms with Gasteiger partial charge in [0, 0.05) is 17.7 Å². The van der Waals surface area contributed by atoms with Crippen LogP contribution in [0.5, 0.6) is 11.6 Å². The zero-order valence-corrected chi connectivity index (χ0v) is 14.3. The molecular weight excluding hydrogens is 367 g/mol. The number of hydrazone groups is 1. The Morgan fingerprint density at radius 3 is 2.43 bits per heavy atom. The fourth-order valence-electron chi connectivity index (χ4n) is 2.11. The number of hydrogen-bond acceptors (Lipinski definition) is 6. The van der Waals surface area contributed by atoms with E-state index in [9.17, 15) is 19.3 Å². The van der Waals surface area contributed by atoms with Gasteiger partial charge in [0.05, 0.1) is 11.1 Å². The zero-order chi connectivity index (χ0) is 19.9. The van der Waals surface area contributed by atoms with Crippen molar-refractivity contribution in [3.63, 3.8) is 0 Å². The average molecular weight is 380 g/mol. The van der Waals surface area contributed by atoms with Crippen molar-refractivity contribution in [3.05, 3.63) is 93.9 Å². The van der Waals surface area contributed by atoms with Crippen LogP contribution in [-0.4, -0.2) is 22.0 Å². The predicted molar refractivity (Wildman–Crippen MR) is 98.9 cm³/mol. The molecule has 3 rings (SSSR count). The van der Waals surface area contributed by atoms with E-state index in [1.165, 1.54) is 42.6 Å². The van der Waals surface area contributed by atoms with Crippen molar-refractivity contribution in [1.29, 1.82) is 0 Å². The lowest BCUT2D eigenvalue weighted by atomic mass is 10.2. The number of nitrogens with one attached hydrogen (secondary N) is 1. The fraction of sp³-hybridized carbons (Fsp3) is 0. The molecule has 8 nitrogen and oxygen atoms in total. The van der Waals surface area contributed by atoms with E-state index in [1.54, 1.807) is 24.3 Å². The summed E-state index contributed by atoms with van der Waals surface area (Å²) in [7, 11) is 0. The van der Waals surface area contributed by atoms with Crippen molar-refractivity contribution >= 4 is 17.8 Å². The Hall–Kier alpha value is -4.14. The SMILES string of the molecule is O=C(N/N=C\c1ccc(Oc2ccc([N+](=O)[O-])cn2)cc1)c1ccc(F)cc1. The molecule has 1 heterocycles. The van der Waals surface area contributed by atoms with Gasteiger partial charge in [-0.25, -0.2) is 14.8 Å². The van der Waals surface area contributed by atoms with Crippen LogP contribution in [0.4, 0.5) is 10.1 Å². The number of amides is 1. The van der Waals surface area contributed by atoms with Crippen molar-refractivity contribution in [3.8, 4) is 11.6 Å². The average Bonchev–Trinajstić information content (AvgIpc) is 2.70. The van der Waals surface area contributed by atoms with E-state index in [4.69, 9.17) is 4.74 Å². The van der Waals surface area contributed by atoms with E-state index >= 15 is 0 Å². The lowest BCUT2D eigenvalue weighted by Gasteiger charge is -2.04. The van der Waals surface area contributed by atoms with Crippen molar-refractivity contribution in [1.82, 2.24) is 10.4 Å². The van der Waals surface area contributed by atoms with Crippen molar-refractivity contribution < 1.29 is 18.8 Å². The molecule has 0 aliphatic carbocycles. The molecule has 0 aliphatic heterocycles. The monoisotopic (exact) mass is 380 g/mol. The van der Waals surface area contributed by atoms with Crippen molar-refractivity contribution in [2.45, 2.75) is 0 Å². The Balaban J connectivity index is 1.56. The van der Waals surface area contributed by atoms with Gasteiger partial charge in [-0.3, -0.25) is 14.9 Å². The number of hydrogen-bond donors (Lipinski definition) is 1. The second-order valence-electron chi connectivity index (χ2n) is 5.49. The summed E-state index contributed by atoms with van der Waals surface area (Å²) in [5, 5.41) is 14.4. The molecule has 28 heavy (non-hydrogen) atoms. The Morgan fingerprint density at radius 2 is 1.82 bits per heavy atom.